The number of hydrogen-bond donors (Lipinski definition) is 5. The van der Waals surface area contributed by atoms with Crippen molar-refractivity contribution in [1.29, 1.82) is 0 Å². The molecule has 0 unspecified atom stereocenters. The van der Waals surface area contributed by atoms with E-state index in [-0.39, 0.29) is 38.3 Å². The second-order valence-corrected chi connectivity index (χ2v) is 13.0. The summed E-state index contributed by atoms with van der Waals surface area (Å²) in [5.41, 5.74) is 1.48. The zero-order valence-electron chi connectivity index (χ0n) is 31.4. The average molecular weight is 793 g/mol. The highest BCUT2D eigenvalue weighted by atomic mass is 35.5. The van der Waals surface area contributed by atoms with Crippen LogP contribution in [0.3, 0.4) is 0 Å². The Hall–Kier alpha value is -4.67. The molecule has 2 aromatic rings. The molecule has 5 N–H and O–H groups in total. The SMILES string of the molecule is CCN(CC)CCOC(=O)[C@H](Cc1ccccc1)NC(=O)[C@H](CCSC)NC(=O)CNC(=O)CNC(=O)[C@H](Cc1ccc(OC(C)=O)cc1)NC(C)=O.Cl. The van der Waals surface area contributed by atoms with Crippen molar-refractivity contribution in [1.82, 2.24) is 31.5 Å². The molecule has 0 aromatic heterocycles. The number of ether oxygens (including phenoxy) is 2. The lowest BCUT2D eigenvalue weighted by molar-refractivity contribution is -0.148. The van der Waals surface area contributed by atoms with Crippen molar-refractivity contribution in [3.05, 3.63) is 65.7 Å². The largest absolute Gasteiger partial charge is 0.463 e. The second-order valence-electron chi connectivity index (χ2n) is 12.0. The van der Waals surface area contributed by atoms with E-state index >= 15 is 0 Å². The Morgan fingerprint density at radius 2 is 1.33 bits per heavy atom. The molecule has 0 fully saturated rings. The number of rotatable bonds is 23. The Morgan fingerprint density at radius 3 is 1.93 bits per heavy atom. The number of nitrogens with one attached hydrogen (secondary N) is 5. The monoisotopic (exact) mass is 792 g/mol. The molecule has 2 aromatic carbocycles. The summed E-state index contributed by atoms with van der Waals surface area (Å²) in [5.74, 6) is -3.20. The molecule has 17 heteroatoms. The topological polar surface area (TPSA) is 201 Å². The van der Waals surface area contributed by atoms with Crippen LogP contribution in [0.25, 0.3) is 0 Å². The first-order valence-electron chi connectivity index (χ1n) is 17.4. The number of esters is 2. The number of halogens is 1. The van der Waals surface area contributed by atoms with Crippen LogP contribution >= 0.6 is 24.2 Å². The van der Waals surface area contributed by atoms with Gasteiger partial charge >= 0.3 is 11.9 Å². The zero-order valence-corrected chi connectivity index (χ0v) is 33.1. The van der Waals surface area contributed by atoms with Crippen molar-refractivity contribution in [2.45, 2.75) is 65.1 Å². The Labute approximate surface area is 327 Å². The molecule has 298 valence electrons. The van der Waals surface area contributed by atoms with Crippen molar-refractivity contribution in [3.8, 4) is 5.75 Å². The summed E-state index contributed by atoms with van der Waals surface area (Å²) in [6.45, 7) is 7.92. The number of nitrogens with zero attached hydrogens (tertiary/aromatic N) is 1. The van der Waals surface area contributed by atoms with Gasteiger partial charge in [0.25, 0.3) is 0 Å². The number of carbonyl (C=O) groups excluding carboxylic acids is 7. The molecule has 54 heavy (non-hydrogen) atoms. The number of amides is 5. The molecule has 0 aliphatic carbocycles. The normalized spacial score (nSPS) is 12.2. The van der Waals surface area contributed by atoms with Crippen LogP contribution in [-0.4, -0.2) is 116 Å². The Kier molecular flexibility index (Phi) is 22.9. The van der Waals surface area contributed by atoms with Crippen molar-refractivity contribution in [2.75, 3.05) is 51.3 Å². The molecular weight excluding hydrogens is 740 g/mol. The Bertz CT molecular complexity index is 1510. The molecule has 2 rings (SSSR count). The van der Waals surface area contributed by atoms with Crippen LogP contribution in [0.4, 0.5) is 0 Å². The van der Waals surface area contributed by atoms with Gasteiger partial charge in [0.2, 0.25) is 29.5 Å². The number of carbonyl (C=O) groups is 7. The molecule has 0 saturated carbocycles. The van der Waals surface area contributed by atoms with Gasteiger partial charge in [-0.25, -0.2) is 4.79 Å². The second kappa shape index (κ2) is 26.2. The maximum absolute atomic E-state index is 13.5. The summed E-state index contributed by atoms with van der Waals surface area (Å²) in [5, 5.41) is 12.8. The predicted molar refractivity (Wildman–Crippen MR) is 208 cm³/mol. The van der Waals surface area contributed by atoms with Gasteiger partial charge in [0.05, 0.1) is 13.1 Å². The van der Waals surface area contributed by atoms with Crippen molar-refractivity contribution >= 4 is 65.6 Å². The van der Waals surface area contributed by atoms with E-state index in [1.165, 1.54) is 25.6 Å². The van der Waals surface area contributed by atoms with Crippen LogP contribution in [-0.2, 0) is 51.1 Å². The number of thioether (sulfide) groups is 1. The van der Waals surface area contributed by atoms with E-state index in [9.17, 15) is 33.6 Å². The smallest absolute Gasteiger partial charge is 0.329 e. The summed E-state index contributed by atoms with van der Waals surface area (Å²) in [6, 6.07) is 12.6. The summed E-state index contributed by atoms with van der Waals surface area (Å²) in [6.07, 6.45) is 2.39. The maximum Gasteiger partial charge on any atom is 0.329 e. The van der Waals surface area contributed by atoms with E-state index in [1.54, 1.807) is 24.3 Å². The maximum atomic E-state index is 13.5. The van der Waals surface area contributed by atoms with E-state index in [4.69, 9.17) is 9.47 Å². The van der Waals surface area contributed by atoms with Crippen LogP contribution in [0.1, 0.15) is 45.2 Å². The zero-order chi connectivity index (χ0) is 39.2. The fraction of sp³-hybridized carbons (Fsp3) is 0.486. The third kappa shape index (κ3) is 18.9. The fourth-order valence-corrected chi connectivity index (χ4v) is 5.53. The molecule has 3 atom stereocenters. The van der Waals surface area contributed by atoms with Crippen LogP contribution in [0.15, 0.2) is 54.6 Å². The van der Waals surface area contributed by atoms with E-state index in [1.807, 2.05) is 50.4 Å². The van der Waals surface area contributed by atoms with Crippen LogP contribution in [0.2, 0.25) is 0 Å². The van der Waals surface area contributed by atoms with Crippen molar-refractivity contribution < 1.29 is 43.0 Å². The van der Waals surface area contributed by atoms with Gasteiger partial charge in [-0.1, -0.05) is 56.3 Å². The molecule has 0 heterocycles. The first-order valence-corrected chi connectivity index (χ1v) is 18.8. The highest BCUT2D eigenvalue weighted by Crippen LogP contribution is 2.14. The Morgan fingerprint density at radius 1 is 0.722 bits per heavy atom. The van der Waals surface area contributed by atoms with Gasteiger partial charge in [-0.2, -0.15) is 11.8 Å². The van der Waals surface area contributed by atoms with Gasteiger partial charge in [0, 0.05) is 33.2 Å². The number of likely N-dealkylation sites (N-methyl/N-ethyl adjacent to an activating group) is 1. The van der Waals surface area contributed by atoms with Gasteiger partial charge in [0.1, 0.15) is 30.5 Å². The predicted octanol–water partition coefficient (Wildman–Crippen LogP) is 1.16. The summed E-state index contributed by atoms with van der Waals surface area (Å²) in [4.78, 5) is 90.0. The van der Waals surface area contributed by atoms with Gasteiger partial charge in [-0.05, 0) is 54.8 Å². The highest BCUT2D eigenvalue weighted by molar-refractivity contribution is 7.98. The molecule has 0 spiro atoms. The van der Waals surface area contributed by atoms with Gasteiger partial charge in [0.15, 0.2) is 0 Å². The summed E-state index contributed by atoms with van der Waals surface area (Å²) in [7, 11) is 0. The molecular formula is C37H53ClN6O9S. The first-order chi connectivity index (χ1) is 25.3. The molecule has 0 saturated heterocycles. The summed E-state index contributed by atoms with van der Waals surface area (Å²) < 4.78 is 10.5. The number of benzene rings is 2. The fourth-order valence-electron chi connectivity index (χ4n) is 5.06. The number of hydrogen-bond acceptors (Lipinski definition) is 11. The standard InChI is InChI=1S/C37H52N6O9S.ClH/c1-6-43(7-2)18-19-51-37(50)32(22-27-11-9-8-10-12-27)42-36(49)30(17-20-53-5)41-34(47)24-38-33(46)23-39-35(48)31(40-25(3)44)21-28-13-15-29(16-14-28)52-26(4)45;/h8-16,30-32H,6-7,17-24H2,1-5H3,(H,38,46)(H,39,48)(H,40,44)(H,41,47)(H,42,49);1H/t30-,31-,32-;/m0./s1. The van der Waals surface area contributed by atoms with Crippen LogP contribution < -0.4 is 31.3 Å². The quantitative estimate of drug-likeness (QED) is 0.0799. The molecule has 0 aliphatic heterocycles. The highest BCUT2D eigenvalue weighted by Gasteiger charge is 2.28. The van der Waals surface area contributed by atoms with E-state index in [2.05, 4.69) is 31.5 Å². The lowest BCUT2D eigenvalue weighted by Crippen LogP contribution is -2.54. The molecule has 0 aliphatic rings. The molecule has 0 bridgehead atoms. The lowest BCUT2D eigenvalue weighted by Gasteiger charge is -2.24. The average Bonchev–Trinajstić information content (AvgIpc) is 3.13. The van der Waals surface area contributed by atoms with Gasteiger partial charge < -0.3 is 41.0 Å². The van der Waals surface area contributed by atoms with Gasteiger partial charge in [-0.15, -0.1) is 12.4 Å². The third-order valence-corrected chi connectivity index (χ3v) is 8.52. The van der Waals surface area contributed by atoms with Crippen molar-refractivity contribution in [3.63, 3.8) is 0 Å². The van der Waals surface area contributed by atoms with Crippen LogP contribution in [0, 0.1) is 0 Å². The molecule has 5 amide bonds. The van der Waals surface area contributed by atoms with E-state index < -0.39 is 72.7 Å². The minimum absolute atomic E-state index is 0. The van der Waals surface area contributed by atoms with E-state index in [0.29, 0.717) is 23.6 Å². The molecule has 0 radical (unpaired) electrons. The minimum Gasteiger partial charge on any atom is -0.463 e. The summed E-state index contributed by atoms with van der Waals surface area (Å²) >= 11 is 1.47. The minimum atomic E-state index is -1.01. The van der Waals surface area contributed by atoms with Crippen LogP contribution in [0.5, 0.6) is 5.75 Å². The van der Waals surface area contributed by atoms with Crippen molar-refractivity contribution in [2.24, 2.45) is 0 Å². The Balaban J connectivity index is 0.0000146. The van der Waals surface area contributed by atoms with Gasteiger partial charge in [-0.3, -0.25) is 28.8 Å². The van der Waals surface area contributed by atoms with E-state index in [0.717, 1.165) is 18.7 Å². The molecule has 15 nitrogen and oxygen atoms in total. The third-order valence-electron chi connectivity index (χ3n) is 7.88. The lowest BCUT2D eigenvalue weighted by atomic mass is 10.0. The first kappa shape index (κ1) is 47.4.